The Kier molecular flexibility index (Phi) is 5.42. The van der Waals surface area contributed by atoms with Crippen LogP contribution in [0, 0.1) is 13.8 Å². The molecule has 1 N–H and O–H groups in total. The largest absolute Gasteiger partial charge is 0.496 e. The van der Waals surface area contributed by atoms with Crippen molar-refractivity contribution in [2.45, 2.75) is 26.7 Å². The lowest BCUT2D eigenvalue weighted by molar-refractivity contribution is -0.131. The third-order valence-corrected chi connectivity index (χ3v) is 3.13. The molecular weight excluding hydrogens is 244 g/mol. The van der Waals surface area contributed by atoms with E-state index in [1.54, 1.807) is 20.3 Å². The van der Waals surface area contributed by atoms with E-state index in [0.29, 0.717) is 12.8 Å². The second kappa shape index (κ2) is 6.83. The highest BCUT2D eigenvalue weighted by Gasteiger charge is 2.13. The topological polar surface area (TPSA) is 55.8 Å². The first kappa shape index (κ1) is 15.1. The zero-order valence-corrected chi connectivity index (χ0v) is 11.8. The summed E-state index contributed by atoms with van der Waals surface area (Å²) in [5.41, 5.74) is 3.14. The molecular formula is C15H20O4. The molecule has 0 bridgehead atoms. The Hall–Kier alpha value is -1.97. The first-order valence-electron chi connectivity index (χ1n) is 6.11. The summed E-state index contributed by atoms with van der Waals surface area (Å²) in [5, 5.41) is 8.54. The predicted octanol–water partition coefficient (Wildman–Crippen LogP) is 2.89. The van der Waals surface area contributed by atoms with Crippen molar-refractivity contribution in [3.8, 4) is 11.5 Å². The number of rotatable bonds is 6. The van der Waals surface area contributed by atoms with Gasteiger partial charge >= 0.3 is 5.97 Å². The molecule has 0 aromatic heterocycles. The lowest BCUT2D eigenvalue weighted by atomic mass is 9.99. The van der Waals surface area contributed by atoms with E-state index in [9.17, 15) is 4.79 Å². The zero-order chi connectivity index (χ0) is 14.4. The Morgan fingerprint density at radius 2 is 1.95 bits per heavy atom. The number of ether oxygens (including phenoxy) is 2. The van der Waals surface area contributed by atoms with E-state index < -0.39 is 5.97 Å². The molecule has 1 aromatic carbocycles. The molecule has 19 heavy (non-hydrogen) atoms. The van der Waals surface area contributed by atoms with Crippen molar-refractivity contribution in [3.63, 3.8) is 0 Å². The summed E-state index contributed by atoms with van der Waals surface area (Å²) in [6.07, 6.45) is 4.16. The molecule has 1 rings (SSSR count). The van der Waals surface area contributed by atoms with E-state index in [-0.39, 0.29) is 0 Å². The summed E-state index contributed by atoms with van der Waals surface area (Å²) in [7, 11) is 3.28. The third-order valence-electron chi connectivity index (χ3n) is 3.13. The van der Waals surface area contributed by atoms with Gasteiger partial charge in [-0.05, 0) is 49.4 Å². The lowest BCUT2D eigenvalue weighted by Crippen LogP contribution is -2.00. The normalized spacial score (nSPS) is 10.7. The van der Waals surface area contributed by atoms with E-state index in [4.69, 9.17) is 14.6 Å². The minimum Gasteiger partial charge on any atom is -0.496 e. The van der Waals surface area contributed by atoms with Crippen LogP contribution >= 0.6 is 0 Å². The Morgan fingerprint density at radius 3 is 2.47 bits per heavy atom. The summed E-state index contributed by atoms with van der Waals surface area (Å²) >= 11 is 0. The number of allylic oxidation sites excluding steroid dienone is 1. The van der Waals surface area contributed by atoms with Crippen molar-refractivity contribution in [2.75, 3.05) is 14.2 Å². The number of carboxylic acids is 1. The van der Waals surface area contributed by atoms with Crippen molar-refractivity contribution < 1.29 is 19.4 Å². The summed E-state index contributed by atoms with van der Waals surface area (Å²) in [6, 6.07) is 1.95. The molecule has 1 aromatic rings. The number of methoxy groups -OCH3 is 2. The number of hydrogen-bond donors (Lipinski definition) is 1. The molecule has 0 fully saturated rings. The van der Waals surface area contributed by atoms with E-state index >= 15 is 0 Å². The maximum absolute atomic E-state index is 10.4. The molecule has 0 saturated carbocycles. The molecule has 0 spiro atoms. The van der Waals surface area contributed by atoms with Gasteiger partial charge in [-0.1, -0.05) is 6.08 Å². The van der Waals surface area contributed by atoms with E-state index in [0.717, 1.165) is 34.3 Å². The lowest BCUT2D eigenvalue weighted by Gasteiger charge is -2.16. The van der Waals surface area contributed by atoms with E-state index in [1.807, 2.05) is 19.9 Å². The van der Waals surface area contributed by atoms with Crippen molar-refractivity contribution in [1.82, 2.24) is 0 Å². The van der Waals surface area contributed by atoms with Gasteiger partial charge < -0.3 is 14.6 Å². The molecule has 0 aliphatic heterocycles. The minimum atomic E-state index is -0.926. The molecule has 0 heterocycles. The van der Waals surface area contributed by atoms with Crippen LogP contribution in [0.15, 0.2) is 18.2 Å². The minimum absolute atomic E-state index is 0.647. The highest BCUT2D eigenvalue weighted by atomic mass is 16.5. The van der Waals surface area contributed by atoms with Gasteiger partial charge in [0.2, 0.25) is 0 Å². The fraction of sp³-hybridized carbons (Fsp3) is 0.400. The Morgan fingerprint density at radius 1 is 1.26 bits per heavy atom. The van der Waals surface area contributed by atoms with Crippen LogP contribution < -0.4 is 9.47 Å². The van der Waals surface area contributed by atoms with Crippen LogP contribution in [0.4, 0.5) is 0 Å². The van der Waals surface area contributed by atoms with Gasteiger partial charge in [-0.2, -0.15) is 0 Å². The summed E-state index contributed by atoms with van der Waals surface area (Å²) in [5.74, 6) is 0.752. The van der Waals surface area contributed by atoms with Gasteiger partial charge in [-0.3, -0.25) is 0 Å². The smallest absolute Gasteiger partial charge is 0.327 e. The SMILES string of the molecule is COc1cc(CC/C=C/C(=O)O)c(OC)c(C)c1C. The van der Waals surface area contributed by atoms with Gasteiger partial charge in [-0.15, -0.1) is 0 Å². The van der Waals surface area contributed by atoms with Crippen LogP contribution in [-0.2, 0) is 11.2 Å². The van der Waals surface area contributed by atoms with Crippen molar-refractivity contribution in [3.05, 3.63) is 34.9 Å². The van der Waals surface area contributed by atoms with E-state index in [1.165, 1.54) is 0 Å². The van der Waals surface area contributed by atoms with Crippen LogP contribution in [0.25, 0.3) is 0 Å². The van der Waals surface area contributed by atoms with Crippen LogP contribution in [-0.4, -0.2) is 25.3 Å². The Balaban J connectivity index is 2.99. The molecule has 0 radical (unpaired) electrons. The molecule has 0 aliphatic rings. The molecule has 0 saturated heterocycles. The van der Waals surface area contributed by atoms with Gasteiger partial charge in [0, 0.05) is 6.08 Å². The first-order valence-corrected chi connectivity index (χ1v) is 6.11. The second-order valence-electron chi connectivity index (χ2n) is 4.30. The van der Waals surface area contributed by atoms with Crippen molar-refractivity contribution in [1.29, 1.82) is 0 Å². The molecule has 4 heteroatoms. The highest BCUT2D eigenvalue weighted by molar-refractivity contribution is 5.79. The number of carboxylic acid groups (broad SMARTS) is 1. The second-order valence-corrected chi connectivity index (χ2v) is 4.30. The maximum Gasteiger partial charge on any atom is 0.327 e. The number of carbonyl (C=O) groups is 1. The summed E-state index contributed by atoms with van der Waals surface area (Å²) in [6.45, 7) is 3.98. The maximum atomic E-state index is 10.4. The first-order chi connectivity index (χ1) is 9.01. The summed E-state index contributed by atoms with van der Waals surface area (Å²) < 4.78 is 10.8. The highest BCUT2D eigenvalue weighted by Crippen LogP contribution is 2.33. The van der Waals surface area contributed by atoms with Crippen LogP contribution in [0.1, 0.15) is 23.1 Å². The van der Waals surface area contributed by atoms with E-state index in [2.05, 4.69) is 0 Å². The average Bonchev–Trinajstić information content (AvgIpc) is 2.38. The third kappa shape index (κ3) is 3.74. The standard InChI is InChI=1S/C15H20O4/c1-10-11(2)15(19-4)12(9-13(10)18-3)7-5-6-8-14(16)17/h6,8-9H,5,7H2,1-4H3,(H,16,17)/b8-6+. The van der Waals surface area contributed by atoms with Gasteiger partial charge in [-0.25, -0.2) is 4.79 Å². The molecule has 4 nitrogen and oxygen atoms in total. The summed E-state index contributed by atoms with van der Waals surface area (Å²) in [4.78, 5) is 10.4. The predicted molar refractivity (Wildman–Crippen MR) is 74.1 cm³/mol. The van der Waals surface area contributed by atoms with Crippen molar-refractivity contribution in [2.24, 2.45) is 0 Å². The fourth-order valence-electron chi connectivity index (χ4n) is 2.03. The van der Waals surface area contributed by atoms with Crippen LogP contribution in [0.2, 0.25) is 0 Å². The number of aliphatic carboxylic acids is 1. The monoisotopic (exact) mass is 264 g/mol. The molecule has 0 amide bonds. The number of hydrogen-bond acceptors (Lipinski definition) is 3. The number of benzene rings is 1. The van der Waals surface area contributed by atoms with Crippen molar-refractivity contribution >= 4 is 5.97 Å². The van der Waals surface area contributed by atoms with Crippen LogP contribution in [0.3, 0.4) is 0 Å². The zero-order valence-electron chi connectivity index (χ0n) is 11.8. The molecule has 0 aliphatic carbocycles. The molecule has 0 atom stereocenters. The number of aryl methyl sites for hydroxylation is 1. The van der Waals surface area contributed by atoms with Gasteiger partial charge in [0.25, 0.3) is 0 Å². The average molecular weight is 264 g/mol. The van der Waals surface area contributed by atoms with Gasteiger partial charge in [0.1, 0.15) is 11.5 Å². The molecule has 0 unspecified atom stereocenters. The molecule has 104 valence electrons. The Labute approximate surface area is 113 Å². The van der Waals surface area contributed by atoms with Crippen LogP contribution in [0.5, 0.6) is 11.5 Å². The van der Waals surface area contributed by atoms with Gasteiger partial charge in [0.15, 0.2) is 0 Å². The fourth-order valence-corrected chi connectivity index (χ4v) is 2.03. The van der Waals surface area contributed by atoms with Gasteiger partial charge in [0.05, 0.1) is 14.2 Å². The quantitative estimate of drug-likeness (QED) is 0.803. The Bertz CT molecular complexity index is 489.